The van der Waals surface area contributed by atoms with Gasteiger partial charge in [-0.15, -0.1) is 13.2 Å². The van der Waals surface area contributed by atoms with Crippen LogP contribution in [-0.4, -0.2) is 18.5 Å². The van der Waals surface area contributed by atoms with Gasteiger partial charge in [-0.25, -0.2) is 0 Å². The lowest BCUT2D eigenvalue weighted by atomic mass is 10.4. The fourth-order valence-electron chi connectivity index (χ4n) is 0.737. The predicted molar refractivity (Wildman–Crippen MR) is 50.2 cm³/mol. The van der Waals surface area contributed by atoms with Gasteiger partial charge >= 0.3 is 6.36 Å². The Hall–Kier alpha value is -0.690. The fraction of sp³-hybridized carbons (Fsp3) is 0.286. The Bertz CT molecular complexity index is 372. The summed E-state index contributed by atoms with van der Waals surface area (Å²) in [5.74, 6) is -0.791. The molecule has 0 radical (unpaired) electrons. The highest BCUT2D eigenvalue weighted by molar-refractivity contribution is 9.10. The third-order valence-corrected chi connectivity index (χ3v) is 2.50. The maximum absolute atomic E-state index is 11.9. The van der Waals surface area contributed by atoms with E-state index in [1.807, 2.05) is 0 Å². The number of halogens is 5. The van der Waals surface area contributed by atoms with Crippen molar-refractivity contribution in [3.05, 3.63) is 15.6 Å². The van der Waals surface area contributed by atoms with Crippen LogP contribution in [0, 0.1) is 0 Å². The predicted octanol–water partition coefficient (Wildman–Crippen LogP) is 3.40. The molecule has 0 saturated carbocycles. The molecule has 0 aliphatic heterocycles. The van der Waals surface area contributed by atoms with E-state index in [0.717, 1.165) is 0 Å². The van der Waals surface area contributed by atoms with Crippen molar-refractivity contribution in [3.63, 3.8) is 0 Å². The average Bonchev–Trinajstić information content (AvgIpc) is 2.10. The third-order valence-electron chi connectivity index (χ3n) is 1.28. The summed E-state index contributed by atoms with van der Waals surface area (Å²) in [6.07, 6.45) is -4.84. The zero-order valence-corrected chi connectivity index (χ0v) is 9.57. The van der Waals surface area contributed by atoms with E-state index in [9.17, 15) is 13.2 Å². The minimum atomic E-state index is -4.84. The molecule has 0 bridgehead atoms. The minimum absolute atomic E-state index is 0.0366. The molecule has 0 saturated heterocycles. The molecule has 15 heavy (non-hydrogen) atoms. The van der Waals surface area contributed by atoms with Gasteiger partial charge in [-0.3, -0.25) is 0 Å². The molecule has 1 aromatic heterocycles. The van der Waals surface area contributed by atoms with Gasteiger partial charge in [0.2, 0.25) is 11.8 Å². The second kappa shape index (κ2) is 4.44. The zero-order chi connectivity index (χ0) is 11.6. The maximum Gasteiger partial charge on any atom is 0.574 e. The molecule has 0 aromatic carbocycles. The van der Waals surface area contributed by atoms with Gasteiger partial charge in [-0.1, -0.05) is 11.6 Å². The standard InChI is InChI=1S/C7H4BrClF3NO2/c1-14-4-2-3(8)5(9)6(13-4)15-7(10,11)12/h2H,1H3. The number of aromatic nitrogens is 1. The normalized spacial score (nSPS) is 11.3. The Kier molecular flexibility index (Phi) is 3.67. The number of hydrogen-bond acceptors (Lipinski definition) is 3. The number of methoxy groups -OCH3 is 1. The average molecular weight is 306 g/mol. The van der Waals surface area contributed by atoms with Gasteiger partial charge in [-0.05, 0) is 15.9 Å². The van der Waals surface area contributed by atoms with Crippen molar-refractivity contribution in [2.45, 2.75) is 6.36 Å². The molecule has 0 unspecified atom stereocenters. The molecule has 8 heteroatoms. The lowest BCUT2D eigenvalue weighted by Gasteiger charge is -2.11. The van der Waals surface area contributed by atoms with Gasteiger partial charge in [-0.2, -0.15) is 4.98 Å². The summed E-state index contributed by atoms with van der Waals surface area (Å²) in [5.41, 5.74) is 0. The number of nitrogens with zero attached hydrogens (tertiary/aromatic N) is 1. The molecule has 0 atom stereocenters. The molecule has 0 aliphatic rings. The number of ether oxygens (including phenoxy) is 2. The summed E-state index contributed by atoms with van der Waals surface area (Å²) in [6.45, 7) is 0. The Labute approximate surface area is 96.3 Å². The molecular weight excluding hydrogens is 302 g/mol. The molecule has 0 spiro atoms. The zero-order valence-electron chi connectivity index (χ0n) is 7.23. The molecule has 0 amide bonds. The first-order chi connectivity index (χ1) is 6.83. The van der Waals surface area contributed by atoms with Crippen LogP contribution in [0.2, 0.25) is 5.02 Å². The van der Waals surface area contributed by atoms with E-state index in [1.165, 1.54) is 13.2 Å². The molecule has 3 nitrogen and oxygen atoms in total. The van der Waals surface area contributed by atoms with Crippen molar-refractivity contribution in [1.82, 2.24) is 4.98 Å². The van der Waals surface area contributed by atoms with Crippen LogP contribution in [0.1, 0.15) is 0 Å². The van der Waals surface area contributed by atoms with Crippen LogP contribution in [0.4, 0.5) is 13.2 Å². The second-order valence-electron chi connectivity index (χ2n) is 2.31. The Morgan fingerprint density at radius 3 is 2.53 bits per heavy atom. The molecule has 1 heterocycles. The van der Waals surface area contributed by atoms with Gasteiger partial charge in [0.05, 0.1) is 7.11 Å². The third kappa shape index (κ3) is 3.42. The van der Waals surface area contributed by atoms with Crippen LogP contribution in [0.15, 0.2) is 10.5 Å². The van der Waals surface area contributed by atoms with Gasteiger partial charge in [0.15, 0.2) is 0 Å². The highest BCUT2D eigenvalue weighted by atomic mass is 79.9. The summed E-state index contributed by atoms with van der Waals surface area (Å²) in [5, 5.41) is -0.270. The van der Waals surface area contributed by atoms with Crippen molar-refractivity contribution in [2.75, 3.05) is 7.11 Å². The van der Waals surface area contributed by atoms with Crippen LogP contribution in [0.25, 0.3) is 0 Å². The van der Waals surface area contributed by atoms with Crippen LogP contribution < -0.4 is 9.47 Å². The van der Waals surface area contributed by atoms with Gasteiger partial charge in [0, 0.05) is 10.5 Å². The largest absolute Gasteiger partial charge is 0.574 e. The smallest absolute Gasteiger partial charge is 0.481 e. The van der Waals surface area contributed by atoms with E-state index in [1.54, 1.807) is 0 Å². The van der Waals surface area contributed by atoms with Crippen molar-refractivity contribution in [3.8, 4) is 11.8 Å². The van der Waals surface area contributed by atoms with Crippen molar-refractivity contribution >= 4 is 27.5 Å². The van der Waals surface area contributed by atoms with E-state index in [2.05, 4.69) is 30.4 Å². The van der Waals surface area contributed by atoms with Crippen LogP contribution in [0.5, 0.6) is 11.8 Å². The van der Waals surface area contributed by atoms with E-state index in [0.29, 0.717) is 0 Å². The first-order valence-electron chi connectivity index (χ1n) is 3.49. The molecule has 0 aliphatic carbocycles. The molecule has 84 valence electrons. The van der Waals surface area contributed by atoms with Gasteiger partial charge in [0.1, 0.15) is 5.02 Å². The van der Waals surface area contributed by atoms with Crippen LogP contribution in [0.3, 0.4) is 0 Å². The highest BCUT2D eigenvalue weighted by Gasteiger charge is 2.33. The van der Waals surface area contributed by atoms with Crippen LogP contribution >= 0.6 is 27.5 Å². The van der Waals surface area contributed by atoms with Gasteiger partial charge < -0.3 is 9.47 Å². The summed E-state index contributed by atoms with van der Waals surface area (Å²) in [6, 6.07) is 1.32. The SMILES string of the molecule is COc1cc(Br)c(Cl)c(OC(F)(F)F)n1. The molecule has 1 aromatic rings. The molecule has 0 N–H and O–H groups in total. The number of pyridine rings is 1. The second-order valence-corrected chi connectivity index (χ2v) is 3.55. The lowest BCUT2D eigenvalue weighted by molar-refractivity contribution is -0.276. The summed E-state index contributed by atoms with van der Waals surface area (Å²) in [7, 11) is 1.26. The van der Waals surface area contributed by atoms with Crippen molar-refractivity contribution in [2.24, 2.45) is 0 Å². The van der Waals surface area contributed by atoms with Crippen molar-refractivity contribution < 1.29 is 22.6 Å². The first-order valence-corrected chi connectivity index (χ1v) is 4.66. The molecular formula is C7H4BrClF3NO2. The van der Waals surface area contributed by atoms with E-state index >= 15 is 0 Å². The van der Waals surface area contributed by atoms with E-state index in [4.69, 9.17) is 11.6 Å². The number of alkyl halides is 3. The first kappa shape index (κ1) is 12.4. The molecule has 0 fully saturated rings. The number of rotatable bonds is 2. The fourth-order valence-corrected chi connectivity index (χ4v) is 1.24. The summed E-state index contributed by atoms with van der Waals surface area (Å²) in [4.78, 5) is 3.41. The number of hydrogen-bond donors (Lipinski definition) is 0. The quantitative estimate of drug-likeness (QED) is 0.839. The monoisotopic (exact) mass is 305 g/mol. The Balaban J connectivity index is 3.11. The Morgan fingerprint density at radius 1 is 1.47 bits per heavy atom. The van der Waals surface area contributed by atoms with Gasteiger partial charge in [0.25, 0.3) is 0 Å². The van der Waals surface area contributed by atoms with E-state index < -0.39 is 12.2 Å². The summed E-state index contributed by atoms with van der Waals surface area (Å²) >= 11 is 8.48. The Morgan fingerprint density at radius 2 is 2.07 bits per heavy atom. The topological polar surface area (TPSA) is 31.4 Å². The van der Waals surface area contributed by atoms with E-state index in [-0.39, 0.29) is 15.4 Å². The lowest BCUT2D eigenvalue weighted by Crippen LogP contribution is -2.18. The summed E-state index contributed by atoms with van der Waals surface area (Å²) < 4.78 is 44.2. The highest BCUT2D eigenvalue weighted by Crippen LogP contribution is 2.36. The maximum atomic E-state index is 11.9. The van der Waals surface area contributed by atoms with Crippen LogP contribution in [-0.2, 0) is 0 Å². The molecule has 1 rings (SSSR count). The minimum Gasteiger partial charge on any atom is -0.481 e. The van der Waals surface area contributed by atoms with Crippen molar-refractivity contribution in [1.29, 1.82) is 0 Å².